The summed E-state index contributed by atoms with van der Waals surface area (Å²) in [5, 5.41) is 5.66. The van der Waals surface area contributed by atoms with E-state index in [0.29, 0.717) is 22.2 Å². The van der Waals surface area contributed by atoms with E-state index in [-0.39, 0.29) is 13.2 Å². The van der Waals surface area contributed by atoms with Gasteiger partial charge in [0.1, 0.15) is 12.1 Å². The van der Waals surface area contributed by atoms with E-state index in [1.165, 1.54) is 0 Å². The van der Waals surface area contributed by atoms with Crippen LogP contribution in [0.15, 0.2) is 42.5 Å². The lowest BCUT2D eigenvalue weighted by atomic mass is 9.92. The van der Waals surface area contributed by atoms with Crippen molar-refractivity contribution < 1.29 is 23.9 Å². The van der Waals surface area contributed by atoms with Crippen molar-refractivity contribution in [2.24, 2.45) is 0 Å². The first-order chi connectivity index (χ1) is 13.9. The number of urea groups is 1. The summed E-state index contributed by atoms with van der Waals surface area (Å²) in [5.74, 6) is 0.237. The SMILES string of the molecule is C[C@@]1(Cc2ccc3c(c2)OCO3)NC(=O)N(CC(=O)Nc2ccccc2Cl)C1=O. The highest BCUT2D eigenvalue weighted by Crippen LogP contribution is 2.34. The van der Waals surface area contributed by atoms with E-state index in [1.807, 2.05) is 6.07 Å². The molecule has 2 aromatic rings. The van der Waals surface area contributed by atoms with E-state index in [4.69, 9.17) is 21.1 Å². The Labute approximate surface area is 171 Å². The highest BCUT2D eigenvalue weighted by Gasteiger charge is 2.48. The second kappa shape index (κ2) is 7.29. The van der Waals surface area contributed by atoms with Gasteiger partial charge >= 0.3 is 6.03 Å². The number of imide groups is 1. The highest BCUT2D eigenvalue weighted by molar-refractivity contribution is 6.33. The van der Waals surface area contributed by atoms with Crippen LogP contribution in [0, 0.1) is 0 Å². The summed E-state index contributed by atoms with van der Waals surface area (Å²) >= 11 is 6.02. The van der Waals surface area contributed by atoms with Crippen LogP contribution < -0.4 is 20.1 Å². The molecule has 0 aliphatic carbocycles. The van der Waals surface area contributed by atoms with Crippen LogP contribution in [0.3, 0.4) is 0 Å². The fourth-order valence-electron chi connectivity index (χ4n) is 3.37. The van der Waals surface area contributed by atoms with Crippen LogP contribution in [0.2, 0.25) is 5.02 Å². The van der Waals surface area contributed by atoms with Gasteiger partial charge in [-0.3, -0.25) is 14.5 Å². The van der Waals surface area contributed by atoms with Crippen LogP contribution in [-0.4, -0.2) is 41.6 Å². The van der Waals surface area contributed by atoms with Crippen molar-refractivity contribution in [3.05, 3.63) is 53.1 Å². The van der Waals surface area contributed by atoms with Crippen LogP contribution in [0.5, 0.6) is 11.5 Å². The summed E-state index contributed by atoms with van der Waals surface area (Å²) in [5.41, 5.74) is 0.0391. The molecule has 2 N–H and O–H groups in total. The van der Waals surface area contributed by atoms with Crippen molar-refractivity contribution in [2.75, 3.05) is 18.7 Å². The van der Waals surface area contributed by atoms with E-state index >= 15 is 0 Å². The highest BCUT2D eigenvalue weighted by atomic mass is 35.5. The molecule has 0 unspecified atom stereocenters. The number of anilines is 1. The van der Waals surface area contributed by atoms with Gasteiger partial charge in [-0.1, -0.05) is 29.8 Å². The summed E-state index contributed by atoms with van der Waals surface area (Å²) < 4.78 is 10.6. The molecule has 150 valence electrons. The quantitative estimate of drug-likeness (QED) is 0.731. The number of fused-ring (bicyclic) bond motifs is 1. The van der Waals surface area contributed by atoms with Crippen molar-refractivity contribution in [1.82, 2.24) is 10.2 Å². The maximum Gasteiger partial charge on any atom is 0.325 e. The molecule has 2 aromatic carbocycles. The molecular weight excluding hydrogens is 398 g/mol. The van der Waals surface area contributed by atoms with Crippen molar-refractivity contribution in [2.45, 2.75) is 18.9 Å². The van der Waals surface area contributed by atoms with E-state index in [2.05, 4.69) is 10.6 Å². The van der Waals surface area contributed by atoms with E-state index in [0.717, 1.165) is 10.5 Å². The topological polar surface area (TPSA) is 97.0 Å². The molecule has 0 aromatic heterocycles. The summed E-state index contributed by atoms with van der Waals surface area (Å²) in [6.45, 7) is 1.37. The number of para-hydroxylation sites is 1. The average molecular weight is 416 g/mol. The number of carbonyl (C=O) groups is 3. The number of benzene rings is 2. The Morgan fingerprint density at radius 3 is 2.76 bits per heavy atom. The van der Waals surface area contributed by atoms with Gasteiger partial charge in [0.2, 0.25) is 12.7 Å². The molecule has 4 rings (SSSR count). The molecule has 1 saturated heterocycles. The monoisotopic (exact) mass is 415 g/mol. The molecular formula is C20H18ClN3O5. The van der Waals surface area contributed by atoms with Crippen LogP contribution in [0.1, 0.15) is 12.5 Å². The van der Waals surface area contributed by atoms with E-state index < -0.39 is 29.9 Å². The minimum atomic E-state index is -1.17. The summed E-state index contributed by atoms with van der Waals surface area (Å²) in [7, 11) is 0. The zero-order valence-corrected chi connectivity index (χ0v) is 16.3. The number of ether oxygens (including phenoxy) is 2. The Bertz CT molecular complexity index is 1010. The Balaban J connectivity index is 1.45. The molecule has 2 aliphatic rings. The van der Waals surface area contributed by atoms with Gasteiger partial charge < -0.3 is 20.1 Å². The number of hydrogen-bond donors (Lipinski definition) is 2. The van der Waals surface area contributed by atoms with Gasteiger partial charge in [-0.05, 0) is 36.8 Å². The number of carbonyl (C=O) groups excluding carboxylic acids is 3. The minimum Gasteiger partial charge on any atom is -0.454 e. The largest absolute Gasteiger partial charge is 0.454 e. The molecule has 29 heavy (non-hydrogen) atoms. The Hall–Kier alpha value is -3.26. The Morgan fingerprint density at radius 1 is 1.21 bits per heavy atom. The van der Waals surface area contributed by atoms with Crippen molar-refractivity contribution >= 4 is 35.1 Å². The maximum absolute atomic E-state index is 12.9. The van der Waals surface area contributed by atoms with Gasteiger partial charge in [0.15, 0.2) is 11.5 Å². The molecule has 2 aliphatic heterocycles. The van der Waals surface area contributed by atoms with Crippen LogP contribution in [0.25, 0.3) is 0 Å². The normalized spacial score (nSPS) is 20.0. The standard InChI is InChI=1S/C20H18ClN3O5/c1-20(9-12-6-7-15-16(8-12)29-11-28-15)18(26)24(19(27)23-20)10-17(25)22-14-5-3-2-4-13(14)21/h2-8H,9-11H2,1H3,(H,22,25)(H,23,27)/t20-/m0/s1. The molecule has 0 spiro atoms. The lowest BCUT2D eigenvalue weighted by Gasteiger charge is -2.22. The number of rotatable bonds is 5. The molecule has 1 atom stereocenters. The van der Waals surface area contributed by atoms with Gasteiger partial charge in [-0.2, -0.15) is 0 Å². The Kier molecular flexibility index (Phi) is 4.79. The fourth-order valence-corrected chi connectivity index (χ4v) is 3.55. The van der Waals surface area contributed by atoms with Crippen LogP contribution in [-0.2, 0) is 16.0 Å². The zero-order chi connectivity index (χ0) is 20.6. The number of hydrogen-bond acceptors (Lipinski definition) is 5. The predicted octanol–water partition coefficient (Wildman–Crippen LogP) is 2.56. The third kappa shape index (κ3) is 3.71. The van der Waals surface area contributed by atoms with Crippen molar-refractivity contribution in [1.29, 1.82) is 0 Å². The fraction of sp³-hybridized carbons (Fsp3) is 0.250. The molecule has 2 heterocycles. The predicted molar refractivity (Wildman–Crippen MR) is 105 cm³/mol. The minimum absolute atomic E-state index is 0.153. The summed E-state index contributed by atoms with van der Waals surface area (Å²) in [6, 6.07) is 11.5. The van der Waals surface area contributed by atoms with Gasteiger partial charge in [0, 0.05) is 6.42 Å². The third-order valence-corrected chi connectivity index (χ3v) is 5.12. The first-order valence-corrected chi connectivity index (χ1v) is 9.30. The maximum atomic E-state index is 12.9. The second-order valence-electron chi connectivity index (χ2n) is 7.05. The lowest BCUT2D eigenvalue weighted by Crippen LogP contribution is -2.46. The van der Waals surface area contributed by atoms with E-state index in [1.54, 1.807) is 43.3 Å². The smallest absolute Gasteiger partial charge is 0.325 e. The van der Waals surface area contributed by atoms with Gasteiger partial charge in [0.05, 0.1) is 10.7 Å². The van der Waals surface area contributed by atoms with Crippen LogP contribution >= 0.6 is 11.6 Å². The molecule has 4 amide bonds. The lowest BCUT2D eigenvalue weighted by molar-refractivity contribution is -0.133. The second-order valence-corrected chi connectivity index (χ2v) is 7.45. The van der Waals surface area contributed by atoms with Crippen molar-refractivity contribution in [3.8, 4) is 11.5 Å². The third-order valence-electron chi connectivity index (χ3n) is 4.79. The van der Waals surface area contributed by atoms with Gasteiger partial charge in [-0.25, -0.2) is 4.79 Å². The molecule has 0 saturated carbocycles. The number of amides is 4. The average Bonchev–Trinajstić information content (AvgIpc) is 3.22. The first kappa shape index (κ1) is 19.1. The molecule has 9 heteroatoms. The zero-order valence-electron chi connectivity index (χ0n) is 15.5. The summed E-state index contributed by atoms with van der Waals surface area (Å²) in [4.78, 5) is 38.5. The summed E-state index contributed by atoms with van der Waals surface area (Å²) in [6.07, 6.45) is 0.247. The number of halogens is 1. The molecule has 0 radical (unpaired) electrons. The molecule has 1 fully saturated rings. The van der Waals surface area contributed by atoms with Gasteiger partial charge in [-0.15, -0.1) is 0 Å². The number of nitrogens with one attached hydrogen (secondary N) is 2. The molecule has 0 bridgehead atoms. The first-order valence-electron chi connectivity index (χ1n) is 8.93. The van der Waals surface area contributed by atoms with Gasteiger partial charge in [0.25, 0.3) is 5.91 Å². The van der Waals surface area contributed by atoms with E-state index in [9.17, 15) is 14.4 Å². The van der Waals surface area contributed by atoms with Crippen LogP contribution in [0.4, 0.5) is 10.5 Å². The molecule has 8 nitrogen and oxygen atoms in total. The Morgan fingerprint density at radius 2 is 1.97 bits per heavy atom. The number of nitrogens with zero attached hydrogens (tertiary/aromatic N) is 1. The van der Waals surface area contributed by atoms with Crippen molar-refractivity contribution in [3.63, 3.8) is 0 Å².